The maximum absolute atomic E-state index is 10.7. The van der Waals surface area contributed by atoms with Crippen molar-refractivity contribution in [3.63, 3.8) is 0 Å². The number of ether oxygens (including phenoxy) is 1. The highest BCUT2D eigenvalue weighted by atomic mass is 16.5. The van der Waals surface area contributed by atoms with Gasteiger partial charge in [-0.25, -0.2) is 0 Å². The molecule has 0 fully saturated rings. The maximum atomic E-state index is 10.7. The lowest BCUT2D eigenvalue weighted by molar-refractivity contribution is -0.138. The van der Waals surface area contributed by atoms with Gasteiger partial charge < -0.3 is 20.9 Å². The fraction of sp³-hybridized carbons (Fsp3) is 0.533. The number of methoxy groups -OCH3 is 1. The number of benzene rings is 1. The van der Waals surface area contributed by atoms with Gasteiger partial charge in [-0.2, -0.15) is 0 Å². The second-order valence-electron chi connectivity index (χ2n) is 4.84. The van der Waals surface area contributed by atoms with Gasteiger partial charge in [0.15, 0.2) is 0 Å². The highest BCUT2D eigenvalue weighted by molar-refractivity contribution is 5.73. The minimum Gasteiger partial charge on any atom is -0.480 e. The third-order valence-electron chi connectivity index (χ3n) is 3.18. The first-order chi connectivity index (χ1) is 10.1. The van der Waals surface area contributed by atoms with E-state index in [-0.39, 0.29) is 6.23 Å². The lowest BCUT2D eigenvalue weighted by atomic mass is 10.1. The molecule has 21 heavy (non-hydrogen) atoms. The summed E-state index contributed by atoms with van der Waals surface area (Å²) in [6, 6.07) is 6.79. The van der Waals surface area contributed by atoms with E-state index in [1.807, 2.05) is 31.2 Å². The van der Waals surface area contributed by atoms with Crippen LogP contribution >= 0.6 is 0 Å². The van der Waals surface area contributed by atoms with E-state index < -0.39 is 12.0 Å². The summed E-state index contributed by atoms with van der Waals surface area (Å²) in [5.41, 5.74) is 7.42. The molecule has 0 aliphatic carbocycles. The number of aliphatic carboxylic acids is 1. The smallest absolute Gasteiger partial charge is 0.320 e. The number of carboxylic acid groups (broad SMARTS) is 1. The molecule has 6 heteroatoms. The highest BCUT2D eigenvalue weighted by Crippen LogP contribution is 2.11. The third-order valence-corrected chi connectivity index (χ3v) is 3.18. The van der Waals surface area contributed by atoms with E-state index in [9.17, 15) is 4.79 Å². The SMILES string of the molecule is CCNC(CCNc1ccc(CC(N)C(=O)O)cc1)OC. The molecule has 6 nitrogen and oxygen atoms in total. The quantitative estimate of drug-likeness (QED) is 0.481. The molecule has 0 amide bonds. The third kappa shape index (κ3) is 6.57. The summed E-state index contributed by atoms with van der Waals surface area (Å²) in [4.78, 5) is 10.7. The summed E-state index contributed by atoms with van der Waals surface area (Å²) in [6.07, 6.45) is 1.24. The Morgan fingerprint density at radius 3 is 2.57 bits per heavy atom. The summed E-state index contributed by atoms with van der Waals surface area (Å²) >= 11 is 0. The zero-order valence-electron chi connectivity index (χ0n) is 12.6. The van der Waals surface area contributed by atoms with Crippen LogP contribution in [0.3, 0.4) is 0 Å². The number of anilines is 1. The zero-order chi connectivity index (χ0) is 15.7. The van der Waals surface area contributed by atoms with Crippen molar-refractivity contribution >= 4 is 11.7 Å². The van der Waals surface area contributed by atoms with Gasteiger partial charge in [-0.15, -0.1) is 0 Å². The summed E-state index contributed by atoms with van der Waals surface area (Å²) in [7, 11) is 1.69. The van der Waals surface area contributed by atoms with Gasteiger partial charge >= 0.3 is 5.97 Å². The Morgan fingerprint density at radius 1 is 1.38 bits per heavy atom. The van der Waals surface area contributed by atoms with Crippen LogP contribution in [0.1, 0.15) is 18.9 Å². The largest absolute Gasteiger partial charge is 0.480 e. The molecular weight excluding hydrogens is 270 g/mol. The Bertz CT molecular complexity index is 423. The predicted molar refractivity (Wildman–Crippen MR) is 83.3 cm³/mol. The Kier molecular flexibility index (Phi) is 7.74. The minimum absolute atomic E-state index is 0.0512. The summed E-state index contributed by atoms with van der Waals surface area (Å²) in [6.45, 7) is 3.70. The summed E-state index contributed by atoms with van der Waals surface area (Å²) in [5, 5.41) is 15.3. The van der Waals surface area contributed by atoms with Crippen molar-refractivity contribution < 1.29 is 14.6 Å². The van der Waals surface area contributed by atoms with Gasteiger partial charge in [0, 0.05) is 25.8 Å². The first-order valence-electron chi connectivity index (χ1n) is 7.14. The molecule has 0 aromatic heterocycles. The molecule has 118 valence electrons. The van der Waals surface area contributed by atoms with Crippen LogP contribution < -0.4 is 16.4 Å². The average Bonchev–Trinajstić information content (AvgIpc) is 2.48. The van der Waals surface area contributed by atoms with Crippen molar-refractivity contribution in [3.8, 4) is 0 Å². The van der Waals surface area contributed by atoms with Crippen LogP contribution in [0.15, 0.2) is 24.3 Å². The van der Waals surface area contributed by atoms with Gasteiger partial charge in [-0.05, 0) is 30.7 Å². The molecule has 1 aromatic carbocycles. The number of rotatable bonds is 10. The van der Waals surface area contributed by atoms with Gasteiger partial charge in [0.05, 0.1) is 0 Å². The lowest BCUT2D eigenvalue weighted by Gasteiger charge is -2.16. The van der Waals surface area contributed by atoms with Gasteiger partial charge in [0.2, 0.25) is 0 Å². The second-order valence-corrected chi connectivity index (χ2v) is 4.84. The molecule has 0 spiro atoms. The molecular formula is C15H25N3O3. The van der Waals surface area contributed by atoms with Gasteiger partial charge in [-0.3, -0.25) is 10.1 Å². The van der Waals surface area contributed by atoms with Crippen molar-refractivity contribution in [1.82, 2.24) is 5.32 Å². The van der Waals surface area contributed by atoms with Crippen molar-refractivity contribution in [2.75, 3.05) is 25.5 Å². The van der Waals surface area contributed by atoms with Crippen LogP contribution in [0.2, 0.25) is 0 Å². The number of carbonyl (C=O) groups is 1. The molecule has 0 radical (unpaired) electrons. The van der Waals surface area contributed by atoms with Gasteiger partial charge in [-0.1, -0.05) is 19.1 Å². The monoisotopic (exact) mass is 295 g/mol. The summed E-state index contributed by atoms with van der Waals surface area (Å²) in [5.74, 6) is -0.980. The Morgan fingerprint density at radius 2 is 2.05 bits per heavy atom. The molecule has 5 N–H and O–H groups in total. The van der Waals surface area contributed by atoms with E-state index in [1.54, 1.807) is 7.11 Å². The minimum atomic E-state index is -0.980. The molecule has 1 aromatic rings. The molecule has 0 aliphatic heterocycles. The van der Waals surface area contributed by atoms with Crippen LogP contribution in [-0.4, -0.2) is 43.5 Å². The van der Waals surface area contributed by atoms with Gasteiger partial charge in [0.25, 0.3) is 0 Å². The molecule has 2 unspecified atom stereocenters. The van der Waals surface area contributed by atoms with Crippen molar-refractivity contribution in [2.24, 2.45) is 5.73 Å². The number of nitrogens with two attached hydrogens (primary N) is 1. The fourth-order valence-electron chi connectivity index (χ4n) is 1.98. The molecule has 0 aliphatic rings. The average molecular weight is 295 g/mol. The van der Waals surface area contributed by atoms with Crippen molar-refractivity contribution in [2.45, 2.75) is 32.0 Å². The Balaban J connectivity index is 2.39. The van der Waals surface area contributed by atoms with E-state index >= 15 is 0 Å². The van der Waals surface area contributed by atoms with Crippen molar-refractivity contribution in [3.05, 3.63) is 29.8 Å². The molecule has 0 bridgehead atoms. The molecule has 2 atom stereocenters. The fourth-order valence-corrected chi connectivity index (χ4v) is 1.98. The van der Waals surface area contributed by atoms with Crippen molar-refractivity contribution in [1.29, 1.82) is 0 Å². The lowest BCUT2D eigenvalue weighted by Crippen LogP contribution is -2.32. The Labute approximate surface area is 125 Å². The summed E-state index contributed by atoms with van der Waals surface area (Å²) < 4.78 is 5.29. The zero-order valence-corrected chi connectivity index (χ0v) is 12.6. The topological polar surface area (TPSA) is 96.6 Å². The number of nitrogens with one attached hydrogen (secondary N) is 2. The molecule has 0 heterocycles. The van der Waals surface area contributed by atoms with Crippen LogP contribution in [0, 0.1) is 0 Å². The number of hydrogen-bond donors (Lipinski definition) is 4. The van der Waals surface area contributed by atoms with Gasteiger partial charge in [0.1, 0.15) is 12.3 Å². The molecule has 0 saturated carbocycles. The molecule has 1 rings (SSSR count). The molecule has 0 saturated heterocycles. The second kappa shape index (κ2) is 9.33. The van der Waals surface area contributed by atoms with E-state index in [2.05, 4.69) is 10.6 Å². The van der Waals surface area contributed by atoms with E-state index in [0.29, 0.717) is 6.42 Å². The van der Waals surface area contributed by atoms with Crippen LogP contribution in [0.5, 0.6) is 0 Å². The first-order valence-corrected chi connectivity index (χ1v) is 7.14. The van der Waals surface area contributed by atoms with E-state index in [1.165, 1.54) is 0 Å². The van der Waals surface area contributed by atoms with E-state index in [4.69, 9.17) is 15.6 Å². The predicted octanol–water partition coefficient (Wildman–Crippen LogP) is 1.03. The first kappa shape index (κ1) is 17.4. The number of carboxylic acids is 1. The van der Waals surface area contributed by atoms with E-state index in [0.717, 1.165) is 30.8 Å². The normalized spacial score (nSPS) is 13.7. The van der Waals surface area contributed by atoms with Crippen LogP contribution in [-0.2, 0) is 16.0 Å². The standard InChI is InChI=1S/C15H25N3O3/c1-3-17-14(21-2)8-9-18-12-6-4-11(5-7-12)10-13(16)15(19)20/h4-7,13-14,17-18H,3,8-10,16H2,1-2H3,(H,19,20). The maximum Gasteiger partial charge on any atom is 0.320 e. The Hall–Kier alpha value is -1.63. The highest BCUT2D eigenvalue weighted by Gasteiger charge is 2.11. The number of hydrogen-bond acceptors (Lipinski definition) is 5. The van der Waals surface area contributed by atoms with Crippen LogP contribution in [0.25, 0.3) is 0 Å². The van der Waals surface area contributed by atoms with Crippen LogP contribution in [0.4, 0.5) is 5.69 Å².